The van der Waals surface area contributed by atoms with E-state index in [1.165, 1.54) is 0 Å². The number of amides is 1. The molecule has 0 heterocycles. The molecule has 0 aromatic heterocycles. The van der Waals surface area contributed by atoms with Gasteiger partial charge in [-0.1, -0.05) is 39.7 Å². The second-order valence-corrected chi connectivity index (χ2v) is 6.61. The van der Waals surface area contributed by atoms with E-state index < -0.39 is 0 Å². The van der Waals surface area contributed by atoms with Crippen LogP contribution in [0.5, 0.6) is 0 Å². The Hall–Kier alpha value is -0.840. The third-order valence-corrected chi connectivity index (χ3v) is 4.33. The minimum Gasteiger partial charge on any atom is -0.325 e. The maximum Gasteiger partial charge on any atom is 0.228 e. The molecule has 0 unspecified atom stereocenters. The van der Waals surface area contributed by atoms with Crippen LogP contribution < -0.4 is 5.32 Å². The summed E-state index contributed by atoms with van der Waals surface area (Å²) in [7, 11) is 0. The minimum absolute atomic E-state index is 0.0799. The lowest BCUT2D eigenvalue weighted by atomic mass is 10.1. The molecule has 0 saturated heterocycles. The molecule has 104 valence electrons. The summed E-state index contributed by atoms with van der Waals surface area (Å²) in [4.78, 5) is 12.1. The maximum atomic E-state index is 12.1. The standard InChI is InChI=1S/C15H12Br2ClNO/c1-9-5-12(17)14(8-13(9)18)19-15(20)7-10-3-2-4-11(16)6-10/h2-6,8H,7H2,1H3,(H,19,20). The number of anilines is 1. The lowest BCUT2D eigenvalue weighted by molar-refractivity contribution is -0.115. The molecule has 20 heavy (non-hydrogen) atoms. The topological polar surface area (TPSA) is 29.1 Å². The van der Waals surface area contributed by atoms with Gasteiger partial charge in [0.2, 0.25) is 5.91 Å². The number of halogens is 3. The van der Waals surface area contributed by atoms with E-state index in [9.17, 15) is 4.79 Å². The van der Waals surface area contributed by atoms with Crippen molar-refractivity contribution in [2.24, 2.45) is 0 Å². The van der Waals surface area contributed by atoms with Crippen LogP contribution >= 0.6 is 43.5 Å². The van der Waals surface area contributed by atoms with Gasteiger partial charge in [0, 0.05) is 14.0 Å². The van der Waals surface area contributed by atoms with Crippen molar-refractivity contribution in [3.63, 3.8) is 0 Å². The van der Waals surface area contributed by atoms with Crippen molar-refractivity contribution < 1.29 is 4.79 Å². The fourth-order valence-corrected chi connectivity index (χ4v) is 2.94. The quantitative estimate of drug-likeness (QED) is 0.716. The Balaban J connectivity index is 2.10. The van der Waals surface area contributed by atoms with Crippen LogP contribution in [0.3, 0.4) is 0 Å². The van der Waals surface area contributed by atoms with E-state index in [1.807, 2.05) is 37.3 Å². The number of hydrogen-bond donors (Lipinski definition) is 1. The number of aryl methyl sites for hydroxylation is 1. The maximum absolute atomic E-state index is 12.1. The Kier molecular flexibility index (Phi) is 5.24. The van der Waals surface area contributed by atoms with E-state index >= 15 is 0 Å². The molecule has 0 radical (unpaired) electrons. The average molecular weight is 418 g/mol. The van der Waals surface area contributed by atoms with Gasteiger partial charge >= 0.3 is 0 Å². The summed E-state index contributed by atoms with van der Waals surface area (Å²) in [5.41, 5.74) is 2.59. The minimum atomic E-state index is -0.0799. The fraction of sp³-hybridized carbons (Fsp3) is 0.133. The van der Waals surface area contributed by atoms with Gasteiger partial charge in [0.05, 0.1) is 12.1 Å². The van der Waals surface area contributed by atoms with E-state index in [1.54, 1.807) is 6.07 Å². The molecule has 2 aromatic rings. The SMILES string of the molecule is Cc1cc(Br)c(NC(=O)Cc2cccc(Br)c2)cc1Cl. The van der Waals surface area contributed by atoms with E-state index in [2.05, 4.69) is 37.2 Å². The first-order chi connectivity index (χ1) is 9.45. The Morgan fingerprint density at radius 1 is 1.25 bits per heavy atom. The van der Waals surface area contributed by atoms with Gasteiger partial charge in [-0.2, -0.15) is 0 Å². The summed E-state index contributed by atoms with van der Waals surface area (Å²) in [6, 6.07) is 11.3. The van der Waals surface area contributed by atoms with Crippen molar-refractivity contribution in [3.8, 4) is 0 Å². The predicted molar refractivity (Wildman–Crippen MR) is 90.4 cm³/mol. The highest BCUT2D eigenvalue weighted by atomic mass is 79.9. The van der Waals surface area contributed by atoms with Crippen LogP contribution in [-0.2, 0) is 11.2 Å². The zero-order valence-corrected chi connectivity index (χ0v) is 14.6. The molecule has 0 aliphatic carbocycles. The molecule has 5 heteroatoms. The largest absolute Gasteiger partial charge is 0.325 e. The zero-order valence-electron chi connectivity index (χ0n) is 10.7. The van der Waals surface area contributed by atoms with Crippen LogP contribution in [0.25, 0.3) is 0 Å². The number of carbonyl (C=O) groups is 1. The molecule has 0 bridgehead atoms. The molecule has 0 saturated carbocycles. The van der Waals surface area contributed by atoms with Gasteiger partial charge in [-0.3, -0.25) is 4.79 Å². The smallest absolute Gasteiger partial charge is 0.228 e. The zero-order chi connectivity index (χ0) is 14.7. The molecule has 0 aliphatic rings. The molecule has 0 aliphatic heterocycles. The molecule has 2 nitrogen and oxygen atoms in total. The molecular formula is C15H12Br2ClNO. The highest BCUT2D eigenvalue weighted by molar-refractivity contribution is 9.10. The summed E-state index contributed by atoms with van der Waals surface area (Å²) >= 11 is 12.9. The molecule has 0 atom stereocenters. The van der Waals surface area contributed by atoms with Gasteiger partial charge in [0.15, 0.2) is 0 Å². The molecule has 2 aromatic carbocycles. The molecule has 1 N–H and O–H groups in total. The number of hydrogen-bond acceptors (Lipinski definition) is 1. The molecular weight excluding hydrogens is 405 g/mol. The van der Waals surface area contributed by atoms with Crippen LogP contribution in [0.15, 0.2) is 45.3 Å². The van der Waals surface area contributed by atoms with Crippen molar-refractivity contribution in [2.75, 3.05) is 5.32 Å². The second-order valence-electron chi connectivity index (χ2n) is 4.44. The summed E-state index contributed by atoms with van der Waals surface area (Å²) < 4.78 is 1.78. The molecule has 0 fully saturated rings. The van der Waals surface area contributed by atoms with Gasteiger partial charge in [-0.25, -0.2) is 0 Å². The normalized spacial score (nSPS) is 10.4. The Morgan fingerprint density at radius 2 is 2.00 bits per heavy atom. The van der Waals surface area contributed by atoms with Gasteiger partial charge in [0.25, 0.3) is 0 Å². The van der Waals surface area contributed by atoms with Crippen LogP contribution in [0.4, 0.5) is 5.69 Å². The van der Waals surface area contributed by atoms with Crippen LogP contribution in [-0.4, -0.2) is 5.91 Å². The van der Waals surface area contributed by atoms with E-state index in [4.69, 9.17) is 11.6 Å². The number of benzene rings is 2. The van der Waals surface area contributed by atoms with E-state index in [0.717, 1.165) is 20.1 Å². The van der Waals surface area contributed by atoms with Crippen LogP contribution in [0, 0.1) is 6.92 Å². The van der Waals surface area contributed by atoms with Gasteiger partial charge < -0.3 is 5.32 Å². The van der Waals surface area contributed by atoms with E-state index in [-0.39, 0.29) is 5.91 Å². The lowest BCUT2D eigenvalue weighted by Crippen LogP contribution is -2.14. The summed E-state index contributed by atoms with van der Waals surface area (Å²) in [5.74, 6) is -0.0799. The van der Waals surface area contributed by atoms with Crippen molar-refractivity contribution in [1.29, 1.82) is 0 Å². The van der Waals surface area contributed by atoms with Gasteiger partial charge in [-0.05, 0) is 58.2 Å². The van der Waals surface area contributed by atoms with Crippen LogP contribution in [0.1, 0.15) is 11.1 Å². The Bertz CT molecular complexity index is 658. The molecule has 1 amide bonds. The Morgan fingerprint density at radius 3 is 2.70 bits per heavy atom. The highest BCUT2D eigenvalue weighted by Crippen LogP contribution is 2.29. The predicted octanol–water partition coefficient (Wildman–Crippen LogP) is 5.35. The first-order valence-electron chi connectivity index (χ1n) is 5.95. The number of carbonyl (C=O) groups excluding carboxylic acids is 1. The monoisotopic (exact) mass is 415 g/mol. The molecule has 0 spiro atoms. The van der Waals surface area contributed by atoms with Crippen molar-refractivity contribution in [2.45, 2.75) is 13.3 Å². The summed E-state index contributed by atoms with van der Waals surface area (Å²) in [5, 5.41) is 3.49. The third-order valence-electron chi connectivity index (χ3n) is 2.78. The Labute approximate surface area is 139 Å². The van der Waals surface area contributed by atoms with Crippen LogP contribution in [0.2, 0.25) is 5.02 Å². The first-order valence-corrected chi connectivity index (χ1v) is 7.92. The highest BCUT2D eigenvalue weighted by Gasteiger charge is 2.09. The van der Waals surface area contributed by atoms with Crippen molar-refractivity contribution in [3.05, 3.63) is 61.5 Å². The number of rotatable bonds is 3. The number of nitrogens with one attached hydrogen (secondary N) is 1. The fourth-order valence-electron chi connectivity index (χ4n) is 1.77. The van der Waals surface area contributed by atoms with Crippen molar-refractivity contribution >= 4 is 55.1 Å². The summed E-state index contributed by atoms with van der Waals surface area (Å²) in [6.07, 6.45) is 0.317. The average Bonchev–Trinajstić information content (AvgIpc) is 2.36. The summed E-state index contributed by atoms with van der Waals surface area (Å²) in [6.45, 7) is 1.92. The first kappa shape index (κ1) is 15.5. The lowest BCUT2D eigenvalue weighted by Gasteiger charge is -2.10. The third kappa shape index (κ3) is 4.08. The van der Waals surface area contributed by atoms with Gasteiger partial charge in [0.1, 0.15) is 0 Å². The van der Waals surface area contributed by atoms with Gasteiger partial charge in [-0.15, -0.1) is 0 Å². The second kappa shape index (κ2) is 6.74. The molecule has 2 rings (SSSR count). The van der Waals surface area contributed by atoms with E-state index in [0.29, 0.717) is 17.1 Å². The van der Waals surface area contributed by atoms with Crippen molar-refractivity contribution in [1.82, 2.24) is 0 Å².